The van der Waals surface area contributed by atoms with Crippen molar-refractivity contribution in [3.05, 3.63) is 84.9 Å². The van der Waals surface area contributed by atoms with Crippen molar-refractivity contribution < 1.29 is 9.53 Å². The lowest BCUT2D eigenvalue weighted by atomic mass is 10.1. The molecule has 3 aromatic carbocycles. The molecule has 0 bridgehead atoms. The summed E-state index contributed by atoms with van der Waals surface area (Å²) < 4.78 is 5.87. The van der Waals surface area contributed by atoms with E-state index >= 15 is 0 Å². The molecule has 172 valence electrons. The van der Waals surface area contributed by atoms with Gasteiger partial charge in [0.2, 0.25) is 5.91 Å². The van der Waals surface area contributed by atoms with Gasteiger partial charge < -0.3 is 14.5 Å². The Morgan fingerprint density at radius 1 is 0.794 bits per heavy atom. The number of benzene rings is 3. The normalized spacial score (nSPS) is 13.8. The van der Waals surface area contributed by atoms with Gasteiger partial charge in [-0.2, -0.15) is 0 Å². The molecule has 1 aliphatic heterocycles. The van der Waals surface area contributed by atoms with E-state index in [0.29, 0.717) is 32.5 Å². The van der Waals surface area contributed by atoms with Crippen molar-refractivity contribution in [1.82, 2.24) is 15.1 Å². The molecule has 0 radical (unpaired) electrons. The van der Waals surface area contributed by atoms with Crippen LogP contribution in [0.5, 0.6) is 5.75 Å². The largest absolute Gasteiger partial charge is 0.494 e. The zero-order valence-electron chi connectivity index (χ0n) is 19.1. The summed E-state index contributed by atoms with van der Waals surface area (Å²) in [7, 11) is 0. The van der Waals surface area contributed by atoms with Gasteiger partial charge in [0.25, 0.3) is 0 Å². The summed E-state index contributed by atoms with van der Waals surface area (Å²) in [5.74, 6) is 1.89. The van der Waals surface area contributed by atoms with Gasteiger partial charge in [-0.25, -0.2) is 0 Å². The van der Waals surface area contributed by atoms with Crippen LogP contribution in [0.25, 0.3) is 22.0 Å². The minimum Gasteiger partial charge on any atom is -0.494 e. The lowest BCUT2D eigenvalue weighted by molar-refractivity contribution is -0.131. The number of anilines is 1. The minimum atomic E-state index is 0.187. The van der Waals surface area contributed by atoms with Crippen LogP contribution in [0.3, 0.4) is 0 Å². The van der Waals surface area contributed by atoms with Gasteiger partial charge in [0.15, 0.2) is 5.82 Å². The van der Waals surface area contributed by atoms with Crippen LogP contribution in [-0.4, -0.2) is 53.8 Å². The predicted molar refractivity (Wildman–Crippen MR) is 135 cm³/mol. The Morgan fingerprint density at radius 2 is 1.56 bits per heavy atom. The van der Waals surface area contributed by atoms with Crippen LogP contribution in [0.15, 0.2) is 84.9 Å². The van der Waals surface area contributed by atoms with E-state index < -0.39 is 0 Å². The smallest absolute Gasteiger partial charge is 0.222 e. The van der Waals surface area contributed by atoms with Crippen molar-refractivity contribution in [3.8, 4) is 17.0 Å². The molecular weight excluding hydrogens is 424 g/mol. The van der Waals surface area contributed by atoms with E-state index in [0.717, 1.165) is 41.3 Å². The maximum Gasteiger partial charge on any atom is 0.222 e. The van der Waals surface area contributed by atoms with E-state index in [1.165, 1.54) is 5.39 Å². The number of aromatic nitrogens is 2. The van der Waals surface area contributed by atoms with E-state index in [2.05, 4.69) is 33.3 Å². The molecule has 1 aromatic heterocycles. The fraction of sp³-hybridized carbons (Fsp3) is 0.250. The molecule has 0 N–H and O–H groups in total. The van der Waals surface area contributed by atoms with Crippen LogP contribution in [0, 0.1) is 0 Å². The SMILES string of the molecule is O=C(CCCOc1ccc2ccccc2c1)N1CCN(c2ccc(-c3ccccc3)nn2)CC1. The third kappa shape index (κ3) is 5.17. The quantitative estimate of drug-likeness (QED) is 0.377. The molecule has 0 spiro atoms. The zero-order valence-corrected chi connectivity index (χ0v) is 19.1. The number of piperazine rings is 1. The number of fused-ring (bicyclic) bond motifs is 1. The fourth-order valence-corrected chi connectivity index (χ4v) is 4.27. The maximum absolute atomic E-state index is 12.7. The summed E-state index contributed by atoms with van der Waals surface area (Å²) >= 11 is 0. The van der Waals surface area contributed by atoms with Gasteiger partial charge in [0.1, 0.15) is 5.75 Å². The maximum atomic E-state index is 12.7. The molecule has 34 heavy (non-hydrogen) atoms. The predicted octanol–water partition coefficient (Wildman–Crippen LogP) is 4.80. The number of amides is 1. The molecule has 0 saturated carbocycles. The number of rotatable bonds is 7. The fourth-order valence-electron chi connectivity index (χ4n) is 4.27. The summed E-state index contributed by atoms with van der Waals surface area (Å²) in [5, 5.41) is 11.2. The van der Waals surface area contributed by atoms with Crippen molar-refractivity contribution in [3.63, 3.8) is 0 Å². The van der Waals surface area contributed by atoms with E-state index in [9.17, 15) is 4.79 Å². The highest BCUT2D eigenvalue weighted by Gasteiger charge is 2.22. The molecule has 5 rings (SSSR count). The van der Waals surface area contributed by atoms with Crippen molar-refractivity contribution >= 4 is 22.5 Å². The second-order valence-corrected chi connectivity index (χ2v) is 8.47. The first-order valence-electron chi connectivity index (χ1n) is 11.8. The van der Waals surface area contributed by atoms with Crippen molar-refractivity contribution in [2.75, 3.05) is 37.7 Å². The lowest BCUT2D eigenvalue weighted by Gasteiger charge is -2.35. The average molecular weight is 453 g/mol. The highest BCUT2D eigenvalue weighted by molar-refractivity contribution is 5.83. The third-order valence-electron chi connectivity index (χ3n) is 6.20. The van der Waals surface area contributed by atoms with Gasteiger partial charge in [0.05, 0.1) is 12.3 Å². The van der Waals surface area contributed by atoms with Crippen LogP contribution < -0.4 is 9.64 Å². The molecule has 1 fully saturated rings. The van der Waals surface area contributed by atoms with Crippen LogP contribution in [-0.2, 0) is 4.79 Å². The van der Waals surface area contributed by atoms with Crippen LogP contribution >= 0.6 is 0 Å². The van der Waals surface area contributed by atoms with Crippen molar-refractivity contribution in [1.29, 1.82) is 0 Å². The highest BCUT2D eigenvalue weighted by Crippen LogP contribution is 2.21. The Labute approximate surface area is 199 Å². The van der Waals surface area contributed by atoms with Gasteiger partial charge in [-0.05, 0) is 41.5 Å². The van der Waals surface area contributed by atoms with Crippen molar-refractivity contribution in [2.24, 2.45) is 0 Å². The molecular formula is C28H28N4O2. The Balaban J connectivity index is 1.06. The minimum absolute atomic E-state index is 0.187. The standard InChI is InChI=1S/C28H28N4O2/c33-28(11-6-20-34-25-13-12-22-7-4-5-10-24(22)21-25)32-18-16-31(17-19-32)27-15-14-26(29-30-27)23-8-2-1-3-9-23/h1-5,7-10,12-15,21H,6,11,16-20H2. The molecule has 1 aliphatic rings. The summed E-state index contributed by atoms with van der Waals surface area (Å²) in [6, 6.07) is 28.4. The number of nitrogens with zero attached hydrogens (tertiary/aromatic N) is 4. The monoisotopic (exact) mass is 452 g/mol. The van der Waals surface area contributed by atoms with Crippen LogP contribution in [0.2, 0.25) is 0 Å². The Kier molecular flexibility index (Phi) is 6.66. The Hall–Kier alpha value is -3.93. The van der Waals surface area contributed by atoms with Gasteiger partial charge >= 0.3 is 0 Å². The van der Waals surface area contributed by atoms with Gasteiger partial charge in [-0.3, -0.25) is 4.79 Å². The zero-order chi connectivity index (χ0) is 23.2. The number of carbonyl (C=O) groups is 1. The van der Waals surface area contributed by atoms with E-state index in [1.54, 1.807) is 0 Å². The molecule has 6 heteroatoms. The molecule has 1 amide bonds. The van der Waals surface area contributed by atoms with E-state index in [1.807, 2.05) is 71.6 Å². The lowest BCUT2D eigenvalue weighted by Crippen LogP contribution is -2.49. The number of ether oxygens (including phenoxy) is 1. The van der Waals surface area contributed by atoms with E-state index in [-0.39, 0.29) is 5.91 Å². The summed E-state index contributed by atoms with van der Waals surface area (Å²) in [6.45, 7) is 3.46. The molecule has 0 atom stereocenters. The molecule has 4 aromatic rings. The number of hydrogen-bond acceptors (Lipinski definition) is 5. The number of carbonyl (C=O) groups excluding carboxylic acids is 1. The molecule has 0 aliphatic carbocycles. The second kappa shape index (κ2) is 10.3. The molecule has 6 nitrogen and oxygen atoms in total. The summed E-state index contributed by atoms with van der Waals surface area (Å²) in [4.78, 5) is 16.8. The topological polar surface area (TPSA) is 58.6 Å². The average Bonchev–Trinajstić information content (AvgIpc) is 2.91. The van der Waals surface area contributed by atoms with Gasteiger partial charge in [0, 0.05) is 38.2 Å². The molecule has 2 heterocycles. The van der Waals surface area contributed by atoms with E-state index in [4.69, 9.17) is 4.74 Å². The molecule has 1 saturated heterocycles. The van der Waals surface area contributed by atoms with Crippen molar-refractivity contribution in [2.45, 2.75) is 12.8 Å². The van der Waals surface area contributed by atoms with Crippen LogP contribution in [0.1, 0.15) is 12.8 Å². The second-order valence-electron chi connectivity index (χ2n) is 8.47. The summed E-state index contributed by atoms with van der Waals surface area (Å²) in [6.07, 6.45) is 1.21. The van der Waals surface area contributed by atoms with Gasteiger partial charge in [-0.1, -0.05) is 60.7 Å². The third-order valence-corrected chi connectivity index (χ3v) is 6.20. The summed E-state index contributed by atoms with van der Waals surface area (Å²) in [5.41, 5.74) is 1.92. The first kappa shape index (κ1) is 21.9. The van der Waals surface area contributed by atoms with Gasteiger partial charge in [-0.15, -0.1) is 10.2 Å². The Bertz CT molecular complexity index is 1240. The first-order chi connectivity index (χ1) is 16.8. The number of hydrogen-bond donors (Lipinski definition) is 0. The van der Waals surface area contributed by atoms with Crippen LogP contribution in [0.4, 0.5) is 5.82 Å². The Morgan fingerprint density at radius 3 is 2.32 bits per heavy atom. The molecule has 0 unspecified atom stereocenters. The first-order valence-corrected chi connectivity index (χ1v) is 11.8. The highest BCUT2D eigenvalue weighted by atomic mass is 16.5.